The minimum atomic E-state index is 1.10. The van der Waals surface area contributed by atoms with Gasteiger partial charge in [0.1, 0.15) is 0 Å². The second kappa shape index (κ2) is 12.9. The second-order valence-electron chi connectivity index (χ2n) is 13.2. The lowest BCUT2D eigenvalue weighted by atomic mass is 9.91. The van der Waals surface area contributed by atoms with E-state index in [2.05, 4.69) is 181 Å². The van der Waals surface area contributed by atoms with E-state index in [-0.39, 0.29) is 0 Å². The largest absolute Gasteiger partial charge is 0.309 e. The maximum Gasteiger partial charge on any atom is 0.0541 e. The van der Waals surface area contributed by atoms with E-state index in [4.69, 9.17) is 0 Å². The Bertz CT molecular complexity index is 2850. The van der Waals surface area contributed by atoms with Crippen molar-refractivity contribution in [1.82, 2.24) is 4.57 Å². The van der Waals surface area contributed by atoms with Crippen LogP contribution >= 0.6 is 0 Å². The van der Waals surface area contributed by atoms with E-state index in [1.807, 2.05) is 13.8 Å². The SMILES string of the molecule is C1=c2c(c3ccc(-c4cccc(-c5ccc6c(c5)c5ccccc5n6-c5ccc(-c6ccccc6)cc5)c4)cc3c3ccccc23)=CCC1.CC. The number of hydrogen-bond acceptors (Lipinski definition) is 0. The zero-order valence-electron chi connectivity index (χ0n) is 29.1. The Morgan fingerprint density at radius 3 is 1.55 bits per heavy atom. The fourth-order valence-electron chi connectivity index (χ4n) is 8.06. The van der Waals surface area contributed by atoms with Crippen molar-refractivity contribution in [2.75, 3.05) is 0 Å². The third-order valence-corrected chi connectivity index (χ3v) is 10.4. The molecule has 51 heavy (non-hydrogen) atoms. The minimum absolute atomic E-state index is 1.10. The number of fused-ring (bicyclic) bond motifs is 9. The van der Waals surface area contributed by atoms with E-state index in [9.17, 15) is 0 Å². The molecule has 1 heteroatoms. The van der Waals surface area contributed by atoms with E-state index in [0.717, 1.165) is 12.8 Å². The summed E-state index contributed by atoms with van der Waals surface area (Å²) in [5.74, 6) is 0. The van der Waals surface area contributed by atoms with Gasteiger partial charge in [0.15, 0.2) is 0 Å². The Kier molecular flexibility index (Phi) is 7.82. The average Bonchev–Trinajstić information content (AvgIpc) is 3.55. The highest BCUT2D eigenvalue weighted by molar-refractivity contribution is 6.11. The first-order valence-electron chi connectivity index (χ1n) is 18.2. The molecule has 0 bridgehead atoms. The third-order valence-electron chi connectivity index (χ3n) is 10.4. The van der Waals surface area contributed by atoms with Crippen molar-refractivity contribution in [3.05, 3.63) is 174 Å². The molecule has 1 aliphatic rings. The molecule has 0 saturated carbocycles. The molecule has 0 amide bonds. The molecule has 0 saturated heterocycles. The van der Waals surface area contributed by atoms with Crippen LogP contribution in [0.15, 0.2) is 164 Å². The van der Waals surface area contributed by atoms with Crippen molar-refractivity contribution in [1.29, 1.82) is 0 Å². The van der Waals surface area contributed by atoms with E-state index in [1.165, 1.54) is 92.9 Å². The summed E-state index contributed by atoms with van der Waals surface area (Å²) in [7, 11) is 0. The lowest BCUT2D eigenvalue weighted by Crippen LogP contribution is -2.28. The van der Waals surface area contributed by atoms with Gasteiger partial charge in [-0.3, -0.25) is 0 Å². The van der Waals surface area contributed by atoms with Crippen molar-refractivity contribution >= 4 is 55.5 Å². The second-order valence-corrected chi connectivity index (χ2v) is 13.2. The fraction of sp³-hybridized carbons (Fsp3) is 0.0800. The van der Waals surface area contributed by atoms with E-state index in [1.54, 1.807) is 0 Å². The summed E-state index contributed by atoms with van der Waals surface area (Å²) >= 11 is 0. The molecule has 0 unspecified atom stereocenters. The van der Waals surface area contributed by atoms with E-state index in [0.29, 0.717) is 0 Å². The molecule has 8 aromatic carbocycles. The average molecular weight is 654 g/mol. The Labute approximate surface area is 299 Å². The highest BCUT2D eigenvalue weighted by Crippen LogP contribution is 2.37. The summed E-state index contributed by atoms with van der Waals surface area (Å²) in [5.41, 5.74) is 11.0. The predicted molar refractivity (Wildman–Crippen MR) is 221 cm³/mol. The summed E-state index contributed by atoms with van der Waals surface area (Å²) < 4.78 is 2.40. The summed E-state index contributed by atoms with van der Waals surface area (Å²) in [6.45, 7) is 4.00. The van der Waals surface area contributed by atoms with Crippen LogP contribution in [-0.2, 0) is 0 Å². The fourth-order valence-corrected chi connectivity index (χ4v) is 8.06. The van der Waals surface area contributed by atoms with Crippen molar-refractivity contribution in [3.8, 4) is 39.1 Å². The zero-order valence-corrected chi connectivity index (χ0v) is 29.1. The van der Waals surface area contributed by atoms with Crippen LogP contribution in [0.4, 0.5) is 0 Å². The Morgan fingerprint density at radius 2 is 0.824 bits per heavy atom. The summed E-state index contributed by atoms with van der Waals surface area (Å²) in [6, 6.07) is 60.2. The molecule has 1 aromatic heterocycles. The molecule has 10 rings (SSSR count). The van der Waals surface area contributed by atoms with Gasteiger partial charge in [-0.05, 0) is 121 Å². The third kappa shape index (κ3) is 5.25. The van der Waals surface area contributed by atoms with Crippen LogP contribution < -0.4 is 10.4 Å². The van der Waals surface area contributed by atoms with Crippen LogP contribution in [0, 0.1) is 0 Å². The molecule has 1 nitrogen and oxygen atoms in total. The quantitative estimate of drug-likeness (QED) is 0.167. The van der Waals surface area contributed by atoms with Crippen LogP contribution in [0.3, 0.4) is 0 Å². The summed E-state index contributed by atoms with van der Waals surface area (Å²) in [5, 5.41) is 10.7. The zero-order chi connectivity index (χ0) is 34.3. The van der Waals surface area contributed by atoms with Crippen LogP contribution in [0.5, 0.6) is 0 Å². The van der Waals surface area contributed by atoms with Gasteiger partial charge in [0.2, 0.25) is 0 Å². The number of para-hydroxylation sites is 1. The molecule has 0 fully saturated rings. The maximum absolute atomic E-state index is 2.43. The first-order valence-corrected chi connectivity index (χ1v) is 18.2. The van der Waals surface area contributed by atoms with Gasteiger partial charge in [-0.25, -0.2) is 0 Å². The van der Waals surface area contributed by atoms with Gasteiger partial charge in [0.05, 0.1) is 11.0 Å². The van der Waals surface area contributed by atoms with Gasteiger partial charge >= 0.3 is 0 Å². The number of aromatic nitrogens is 1. The highest BCUT2D eigenvalue weighted by atomic mass is 15.0. The van der Waals surface area contributed by atoms with Crippen molar-refractivity contribution in [2.24, 2.45) is 0 Å². The molecule has 1 heterocycles. The highest BCUT2D eigenvalue weighted by Gasteiger charge is 2.14. The van der Waals surface area contributed by atoms with Gasteiger partial charge in [0, 0.05) is 16.5 Å². The topological polar surface area (TPSA) is 4.93 Å². The molecule has 0 atom stereocenters. The smallest absolute Gasteiger partial charge is 0.0541 e. The van der Waals surface area contributed by atoms with Gasteiger partial charge in [0.25, 0.3) is 0 Å². The van der Waals surface area contributed by atoms with Gasteiger partial charge in [-0.15, -0.1) is 0 Å². The number of benzene rings is 8. The summed E-state index contributed by atoms with van der Waals surface area (Å²) in [6.07, 6.45) is 7.07. The molecule has 0 spiro atoms. The van der Waals surface area contributed by atoms with Crippen molar-refractivity contribution in [3.63, 3.8) is 0 Å². The first kappa shape index (κ1) is 30.8. The monoisotopic (exact) mass is 653 g/mol. The lowest BCUT2D eigenvalue weighted by molar-refractivity contribution is 1.13. The molecule has 0 radical (unpaired) electrons. The standard InChI is InChI=1S/C48H33N.C2H6/c1-2-11-32(12-3-1)33-21-25-38(26-22-33)49-47-20-9-8-19-44(47)46-31-37(24-28-48(46)49)35-14-10-13-34(29-35)36-23-27-43-41-17-5-4-15-39(41)40-16-6-7-18-42(40)45(43)30-36;1-2/h1-3,6-31H,4-5H2;1-2H3. The van der Waals surface area contributed by atoms with Gasteiger partial charge < -0.3 is 4.57 Å². The number of nitrogens with zero attached hydrogens (tertiary/aromatic N) is 1. The van der Waals surface area contributed by atoms with E-state index < -0.39 is 0 Å². The van der Waals surface area contributed by atoms with Gasteiger partial charge in [-0.1, -0.05) is 147 Å². The van der Waals surface area contributed by atoms with Crippen LogP contribution in [0.2, 0.25) is 0 Å². The normalized spacial score (nSPS) is 12.3. The molecular formula is C50H39N. The van der Waals surface area contributed by atoms with E-state index >= 15 is 0 Å². The lowest BCUT2D eigenvalue weighted by Gasteiger charge is -2.13. The molecule has 244 valence electrons. The predicted octanol–water partition coefficient (Wildman–Crippen LogP) is 12.5. The maximum atomic E-state index is 2.43. The molecule has 0 N–H and O–H groups in total. The number of rotatable bonds is 4. The van der Waals surface area contributed by atoms with Crippen LogP contribution in [0.25, 0.3) is 94.6 Å². The Balaban J connectivity index is 0.00000171. The first-order chi connectivity index (χ1) is 25.3. The Morgan fingerprint density at radius 1 is 0.333 bits per heavy atom. The summed E-state index contributed by atoms with van der Waals surface area (Å²) in [4.78, 5) is 0. The van der Waals surface area contributed by atoms with Crippen LogP contribution in [-0.4, -0.2) is 4.57 Å². The molecular weight excluding hydrogens is 615 g/mol. The van der Waals surface area contributed by atoms with Crippen molar-refractivity contribution < 1.29 is 0 Å². The Hall–Kier alpha value is -6.18. The molecule has 9 aromatic rings. The van der Waals surface area contributed by atoms with Crippen LogP contribution in [0.1, 0.15) is 26.7 Å². The number of hydrogen-bond donors (Lipinski definition) is 0. The van der Waals surface area contributed by atoms with Crippen molar-refractivity contribution in [2.45, 2.75) is 26.7 Å². The molecule has 1 aliphatic carbocycles. The minimum Gasteiger partial charge on any atom is -0.309 e. The molecule has 0 aliphatic heterocycles. The van der Waals surface area contributed by atoms with Gasteiger partial charge in [-0.2, -0.15) is 0 Å².